The summed E-state index contributed by atoms with van der Waals surface area (Å²) in [5.74, 6) is -0.486. The van der Waals surface area contributed by atoms with Crippen molar-refractivity contribution in [1.29, 1.82) is 0 Å². The van der Waals surface area contributed by atoms with Crippen molar-refractivity contribution in [2.75, 3.05) is 20.1 Å². The van der Waals surface area contributed by atoms with Gasteiger partial charge in [0.2, 0.25) is 5.91 Å². The Bertz CT molecular complexity index is 627. The highest BCUT2D eigenvalue weighted by Gasteiger charge is 2.40. The van der Waals surface area contributed by atoms with Crippen LogP contribution in [0.25, 0.3) is 0 Å². The van der Waals surface area contributed by atoms with Crippen molar-refractivity contribution >= 4 is 11.8 Å². The Labute approximate surface area is 131 Å². The number of hydrogen-bond donors (Lipinski definition) is 0. The Morgan fingerprint density at radius 2 is 1.78 bits per heavy atom. The summed E-state index contributed by atoms with van der Waals surface area (Å²) in [5.41, 5.74) is -0.561. The largest absolute Gasteiger partial charge is 0.416 e. The summed E-state index contributed by atoms with van der Waals surface area (Å²) in [6.45, 7) is 0.762. The van der Waals surface area contributed by atoms with Crippen molar-refractivity contribution in [2.45, 2.75) is 25.1 Å². The molecule has 3 aliphatic heterocycles. The minimum atomic E-state index is -4.42. The first kappa shape index (κ1) is 15.8. The first-order valence-corrected chi connectivity index (χ1v) is 7.50. The van der Waals surface area contributed by atoms with Crippen LogP contribution < -0.4 is 0 Å². The van der Waals surface area contributed by atoms with E-state index in [1.54, 1.807) is 16.8 Å². The highest BCUT2D eigenvalue weighted by molar-refractivity contribution is 5.95. The average Bonchev–Trinajstić information content (AvgIpc) is 2.80. The number of fused-ring (bicyclic) bond motifs is 4. The second kappa shape index (κ2) is 5.54. The fraction of sp³-hybridized carbons (Fsp3) is 0.500. The van der Waals surface area contributed by atoms with E-state index >= 15 is 0 Å². The van der Waals surface area contributed by atoms with Crippen molar-refractivity contribution in [1.82, 2.24) is 9.80 Å². The summed E-state index contributed by atoms with van der Waals surface area (Å²) in [7, 11) is 1.74. The van der Waals surface area contributed by atoms with Crippen LogP contribution in [0.15, 0.2) is 24.3 Å². The average molecular weight is 326 g/mol. The van der Waals surface area contributed by atoms with Crippen LogP contribution in [0.4, 0.5) is 13.2 Å². The molecule has 7 heteroatoms. The Morgan fingerprint density at radius 1 is 1.13 bits per heavy atom. The summed E-state index contributed by atoms with van der Waals surface area (Å²) in [4.78, 5) is 28.0. The number of carbonyl (C=O) groups is 2. The SMILES string of the molecule is CN1C(=O)[C@H]2CC[C@@H]1CN(C(=O)c1ccc(C(F)(F)F)cc1)C2. The third kappa shape index (κ3) is 2.92. The van der Waals surface area contributed by atoms with Gasteiger partial charge in [0.15, 0.2) is 0 Å². The number of hydrogen-bond acceptors (Lipinski definition) is 2. The molecule has 3 saturated heterocycles. The number of piperidine rings is 1. The smallest absolute Gasteiger partial charge is 0.341 e. The minimum absolute atomic E-state index is 0.0142. The third-order valence-electron chi connectivity index (χ3n) is 4.71. The number of likely N-dealkylation sites (N-methyl/N-ethyl adjacent to an activating group) is 1. The predicted molar refractivity (Wildman–Crippen MR) is 76.6 cm³/mol. The van der Waals surface area contributed by atoms with Crippen LogP contribution in [0.5, 0.6) is 0 Å². The van der Waals surface area contributed by atoms with Crippen LogP contribution >= 0.6 is 0 Å². The molecule has 4 nitrogen and oxygen atoms in total. The fourth-order valence-electron chi connectivity index (χ4n) is 3.31. The van der Waals surface area contributed by atoms with Gasteiger partial charge in [-0.15, -0.1) is 0 Å². The topological polar surface area (TPSA) is 40.6 Å². The molecule has 3 heterocycles. The molecule has 2 bridgehead atoms. The Kier molecular flexibility index (Phi) is 3.82. The molecule has 23 heavy (non-hydrogen) atoms. The highest BCUT2D eigenvalue weighted by Crippen LogP contribution is 2.31. The molecule has 0 aliphatic carbocycles. The van der Waals surface area contributed by atoms with Gasteiger partial charge < -0.3 is 9.80 Å². The van der Waals surface area contributed by atoms with E-state index in [0.29, 0.717) is 13.1 Å². The van der Waals surface area contributed by atoms with E-state index in [4.69, 9.17) is 0 Å². The van der Waals surface area contributed by atoms with Crippen LogP contribution in [-0.2, 0) is 11.0 Å². The van der Waals surface area contributed by atoms with Crippen molar-refractivity contribution in [2.24, 2.45) is 5.92 Å². The van der Waals surface area contributed by atoms with Crippen LogP contribution in [0, 0.1) is 5.92 Å². The fourth-order valence-corrected chi connectivity index (χ4v) is 3.31. The molecule has 124 valence electrons. The molecule has 4 rings (SSSR count). The normalized spacial score (nSPS) is 24.8. The molecule has 2 amide bonds. The maximum Gasteiger partial charge on any atom is 0.416 e. The van der Waals surface area contributed by atoms with Gasteiger partial charge in [-0.05, 0) is 37.1 Å². The Morgan fingerprint density at radius 3 is 2.39 bits per heavy atom. The van der Waals surface area contributed by atoms with Gasteiger partial charge in [-0.2, -0.15) is 13.2 Å². The first-order chi connectivity index (χ1) is 10.8. The van der Waals surface area contributed by atoms with Gasteiger partial charge in [0.05, 0.1) is 11.5 Å². The van der Waals surface area contributed by atoms with Crippen LogP contribution in [0.1, 0.15) is 28.8 Å². The zero-order valence-electron chi connectivity index (χ0n) is 12.6. The van der Waals surface area contributed by atoms with E-state index in [1.165, 1.54) is 12.1 Å². The second-order valence-corrected chi connectivity index (χ2v) is 6.16. The molecule has 0 unspecified atom stereocenters. The van der Waals surface area contributed by atoms with Crippen molar-refractivity contribution in [3.05, 3.63) is 35.4 Å². The van der Waals surface area contributed by atoms with E-state index in [1.807, 2.05) is 0 Å². The van der Waals surface area contributed by atoms with E-state index < -0.39 is 11.7 Å². The molecule has 2 atom stereocenters. The summed E-state index contributed by atoms with van der Waals surface area (Å²) in [5, 5.41) is 0. The zero-order valence-corrected chi connectivity index (χ0v) is 12.6. The molecule has 0 radical (unpaired) electrons. The van der Waals surface area contributed by atoms with Gasteiger partial charge in [0.25, 0.3) is 5.91 Å². The second-order valence-electron chi connectivity index (χ2n) is 6.16. The molecule has 1 aromatic carbocycles. The molecular weight excluding hydrogens is 309 g/mol. The van der Waals surface area contributed by atoms with Crippen LogP contribution in [0.3, 0.4) is 0 Å². The summed E-state index contributed by atoms with van der Waals surface area (Å²) >= 11 is 0. The molecule has 3 aliphatic rings. The summed E-state index contributed by atoms with van der Waals surface area (Å²) in [6, 6.07) is 4.21. The maximum absolute atomic E-state index is 12.6. The number of alkyl halides is 3. The number of amides is 2. The maximum atomic E-state index is 12.6. The van der Waals surface area contributed by atoms with Gasteiger partial charge in [-0.25, -0.2) is 0 Å². The van der Waals surface area contributed by atoms with Gasteiger partial charge in [0, 0.05) is 31.7 Å². The molecule has 0 N–H and O–H groups in total. The number of rotatable bonds is 1. The lowest BCUT2D eigenvalue weighted by molar-refractivity contribution is -0.138. The van der Waals surface area contributed by atoms with E-state index in [9.17, 15) is 22.8 Å². The minimum Gasteiger partial charge on any atom is -0.341 e. The van der Waals surface area contributed by atoms with Crippen molar-refractivity contribution in [3.63, 3.8) is 0 Å². The number of benzene rings is 1. The van der Waals surface area contributed by atoms with Crippen molar-refractivity contribution < 1.29 is 22.8 Å². The predicted octanol–water partition coefficient (Wildman–Crippen LogP) is 2.40. The Balaban J connectivity index is 1.80. The van der Waals surface area contributed by atoms with E-state index in [-0.39, 0.29) is 29.3 Å². The Hall–Kier alpha value is -2.05. The molecule has 1 aromatic rings. The molecule has 3 fully saturated rings. The van der Waals surface area contributed by atoms with E-state index in [0.717, 1.165) is 25.0 Å². The molecule has 0 spiro atoms. The highest BCUT2D eigenvalue weighted by atomic mass is 19.4. The summed E-state index contributed by atoms with van der Waals surface area (Å²) < 4.78 is 37.8. The first-order valence-electron chi connectivity index (χ1n) is 7.50. The van der Waals surface area contributed by atoms with Gasteiger partial charge in [0.1, 0.15) is 0 Å². The zero-order chi connectivity index (χ0) is 16.8. The quantitative estimate of drug-likeness (QED) is 0.795. The lowest BCUT2D eigenvalue weighted by Gasteiger charge is -2.32. The molecule has 0 saturated carbocycles. The lowest BCUT2D eigenvalue weighted by Crippen LogP contribution is -2.45. The third-order valence-corrected chi connectivity index (χ3v) is 4.71. The molecular formula is C16H17F3N2O2. The van der Waals surface area contributed by atoms with Gasteiger partial charge in [-0.3, -0.25) is 9.59 Å². The van der Waals surface area contributed by atoms with E-state index in [2.05, 4.69) is 0 Å². The van der Waals surface area contributed by atoms with Gasteiger partial charge in [-0.1, -0.05) is 0 Å². The van der Waals surface area contributed by atoms with Crippen LogP contribution in [0.2, 0.25) is 0 Å². The van der Waals surface area contributed by atoms with Crippen LogP contribution in [-0.4, -0.2) is 47.8 Å². The lowest BCUT2D eigenvalue weighted by atomic mass is 9.95. The number of halogens is 3. The summed E-state index contributed by atoms with van der Waals surface area (Å²) in [6.07, 6.45) is -2.81. The standard InChI is InChI=1S/C16H17F3N2O2/c1-20-13-7-4-11(14(20)22)8-21(9-13)15(23)10-2-5-12(6-3-10)16(17,18)19/h2-3,5-6,11,13H,4,7-9H2,1H3/t11-,13+/m0/s1. The number of carbonyl (C=O) groups excluding carboxylic acids is 2. The van der Waals surface area contributed by atoms with Crippen molar-refractivity contribution in [3.8, 4) is 0 Å². The van der Waals surface area contributed by atoms with Gasteiger partial charge >= 0.3 is 6.18 Å². The molecule has 0 aromatic heterocycles. The number of nitrogens with zero attached hydrogens (tertiary/aromatic N) is 2. The monoisotopic (exact) mass is 326 g/mol.